The van der Waals surface area contributed by atoms with Gasteiger partial charge in [0.25, 0.3) is 0 Å². The molecule has 1 amide bonds. The molecule has 5 rings (SSSR count). The van der Waals surface area contributed by atoms with E-state index in [9.17, 15) is 10.1 Å². The Balaban J connectivity index is 1.55. The van der Waals surface area contributed by atoms with Gasteiger partial charge in [-0.15, -0.1) is 0 Å². The molecular formula is C23H25N5O2. The lowest BCUT2D eigenvalue weighted by Gasteiger charge is -2.37. The van der Waals surface area contributed by atoms with Crippen LogP contribution in [0, 0.1) is 24.2 Å². The minimum Gasteiger partial charge on any atom is -0.378 e. The highest BCUT2D eigenvalue weighted by Crippen LogP contribution is 2.31. The number of carbonyl (C=O) groups excluding carboxylic acids is 1. The van der Waals surface area contributed by atoms with Crippen LogP contribution in [0.4, 0.5) is 5.82 Å². The Hall–Kier alpha value is -3.11. The second kappa shape index (κ2) is 7.62. The van der Waals surface area contributed by atoms with Crippen molar-refractivity contribution in [3.8, 4) is 6.07 Å². The minimum atomic E-state index is -0.0161. The summed E-state index contributed by atoms with van der Waals surface area (Å²) >= 11 is 0. The van der Waals surface area contributed by atoms with Crippen LogP contribution in [0.5, 0.6) is 0 Å². The van der Waals surface area contributed by atoms with E-state index in [2.05, 4.69) is 21.4 Å². The summed E-state index contributed by atoms with van der Waals surface area (Å²) in [7, 11) is 0. The number of hydrogen-bond donors (Lipinski definition) is 0. The molecule has 0 radical (unpaired) electrons. The maximum Gasteiger partial charge on any atom is 0.227 e. The van der Waals surface area contributed by atoms with Crippen LogP contribution in [0.1, 0.15) is 24.0 Å². The van der Waals surface area contributed by atoms with Gasteiger partial charge in [0.2, 0.25) is 5.91 Å². The summed E-state index contributed by atoms with van der Waals surface area (Å²) in [5.41, 5.74) is 4.07. The summed E-state index contributed by atoms with van der Waals surface area (Å²) in [5, 5.41) is 9.72. The molecule has 0 aliphatic carbocycles. The Kier molecular flexibility index (Phi) is 4.80. The molecule has 7 nitrogen and oxygen atoms in total. The highest BCUT2D eigenvalue weighted by atomic mass is 16.5. The van der Waals surface area contributed by atoms with E-state index in [-0.39, 0.29) is 11.8 Å². The number of carbonyl (C=O) groups is 1. The van der Waals surface area contributed by atoms with E-state index in [1.165, 1.54) is 0 Å². The molecule has 2 fully saturated rings. The first-order valence-electron chi connectivity index (χ1n) is 10.6. The zero-order chi connectivity index (χ0) is 20.7. The smallest absolute Gasteiger partial charge is 0.227 e. The van der Waals surface area contributed by atoms with E-state index >= 15 is 0 Å². The summed E-state index contributed by atoms with van der Waals surface area (Å²) in [6.07, 6.45) is 1.88. The number of nitriles is 1. The van der Waals surface area contributed by atoms with E-state index in [0.29, 0.717) is 44.1 Å². The number of morpholine rings is 1. The van der Waals surface area contributed by atoms with E-state index in [4.69, 9.17) is 9.72 Å². The standard InChI is InChI=1S/C23H25N5O2/c1-16-13-21(28-20-7-3-2-6-19(20)25-22(28)18(16)14-24)27-8-4-5-17(15-27)23(29)26-9-11-30-12-10-26/h2-3,6-7,13,17H,4-5,8-12,15H2,1H3/t17-/m1/s1. The SMILES string of the molecule is Cc1cc(N2CCC[C@@H](C(=O)N3CCOCC3)C2)n2c(nc3ccccc32)c1C#N. The van der Waals surface area contributed by atoms with Crippen LogP contribution in [-0.2, 0) is 9.53 Å². The first kappa shape index (κ1) is 18.9. The Morgan fingerprint density at radius 3 is 2.83 bits per heavy atom. The molecule has 2 saturated heterocycles. The molecule has 2 aromatic heterocycles. The second-order valence-electron chi connectivity index (χ2n) is 8.15. The second-order valence-corrected chi connectivity index (χ2v) is 8.15. The molecular weight excluding hydrogens is 378 g/mol. The molecule has 2 aliphatic heterocycles. The van der Waals surface area contributed by atoms with Crippen molar-refractivity contribution in [3.63, 3.8) is 0 Å². The van der Waals surface area contributed by atoms with E-state index in [0.717, 1.165) is 41.8 Å². The van der Waals surface area contributed by atoms with Gasteiger partial charge in [0.1, 0.15) is 11.9 Å². The van der Waals surface area contributed by atoms with Crippen LogP contribution in [0.3, 0.4) is 0 Å². The van der Waals surface area contributed by atoms with Crippen molar-refractivity contribution in [2.24, 2.45) is 5.92 Å². The summed E-state index contributed by atoms with van der Waals surface area (Å²) in [5.74, 6) is 1.23. The first-order valence-corrected chi connectivity index (χ1v) is 10.6. The van der Waals surface area contributed by atoms with Gasteiger partial charge < -0.3 is 14.5 Å². The predicted molar refractivity (Wildman–Crippen MR) is 114 cm³/mol. The number of anilines is 1. The van der Waals surface area contributed by atoms with Crippen molar-refractivity contribution in [1.82, 2.24) is 14.3 Å². The summed E-state index contributed by atoms with van der Waals surface area (Å²) in [6, 6.07) is 12.4. The Morgan fingerprint density at radius 2 is 2.03 bits per heavy atom. The molecule has 1 aromatic carbocycles. The van der Waals surface area contributed by atoms with Crippen LogP contribution in [-0.4, -0.2) is 59.6 Å². The lowest BCUT2D eigenvalue weighted by atomic mass is 9.96. The van der Waals surface area contributed by atoms with Crippen molar-refractivity contribution in [2.75, 3.05) is 44.3 Å². The number of amides is 1. The van der Waals surface area contributed by atoms with Gasteiger partial charge in [-0.2, -0.15) is 5.26 Å². The predicted octanol–water partition coefficient (Wildman–Crippen LogP) is 2.74. The molecule has 0 N–H and O–H groups in total. The number of pyridine rings is 1. The van der Waals surface area contributed by atoms with Crippen LogP contribution in [0.2, 0.25) is 0 Å². The molecule has 0 unspecified atom stereocenters. The maximum atomic E-state index is 13.1. The van der Waals surface area contributed by atoms with Gasteiger partial charge >= 0.3 is 0 Å². The third kappa shape index (κ3) is 3.08. The summed E-state index contributed by atoms with van der Waals surface area (Å²) in [4.78, 5) is 22.1. The first-order chi connectivity index (χ1) is 14.7. The number of piperidine rings is 1. The zero-order valence-corrected chi connectivity index (χ0v) is 17.2. The van der Waals surface area contributed by atoms with Gasteiger partial charge in [0.15, 0.2) is 5.65 Å². The lowest BCUT2D eigenvalue weighted by Crippen LogP contribution is -2.48. The molecule has 0 bridgehead atoms. The van der Waals surface area contributed by atoms with Crippen molar-refractivity contribution < 1.29 is 9.53 Å². The number of para-hydroxylation sites is 2. The number of aromatic nitrogens is 2. The molecule has 1 atom stereocenters. The highest BCUT2D eigenvalue weighted by Gasteiger charge is 2.31. The fourth-order valence-electron chi connectivity index (χ4n) is 4.73. The number of nitrogens with zero attached hydrogens (tertiary/aromatic N) is 5. The number of rotatable bonds is 2. The van der Waals surface area contributed by atoms with Gasteiger partial charge in [-0.1, -0.05) is 12.1 Å². The maximum absolute atomic E-state index is 13.1. The van der Waals surface area contributed by atoms with Gasteiger partial charge in [0.05, 0.1) is 35.7 Å². The number of aryl methyl sites for hydroxylation is 1. The van der Waals surface area contributed by atoms with Gasteiger partial charge in [-0.05, 0) is 43.5 Å². The summed E-state index contributed by atoms with van der Waals surface area (Å²) < 4.78 is 7.49. The Morgan fingerprint density at radius 1 is 1.23 bits per heavy atom. The number of fused-ring (bicyclic) bond motifs is 3. The van der Waals surface area contributed by atoms with E-state index in [1.54, 1.807) is 0 Å². The van der Waals surface area contributed by atoms with Gasteiger partial charge in [-0.25, -0.2) is 4.98 Å². The number of benzene rings is 1. The molecule has 0 saturated carbocycles. The number of hydrogen-bond acceptors (Lipinski definition) is 5. The molecule has 4 heterocycles. The quantitative estimate of drug-likeness (QED) is 0.658. The minimum absolute atomic E-state index is 0.0161. The largest absolute Gasteiger partial charge is 0.378 e. The zero-order valence-electron chi connectivity index (χ0n) is 17.2. The molecule has 3 aromatic rings. The number of imidazole rings is 1. The fraction of sp³-hybridized carbons (Fsp3) is 0.435. The average molecular weight is 403 g/mol. The topological polar surface area (TPSA) is 73.9 Å². The third-order valence-corrected chi connectivity index (χ3v) is 6.28. The average Bonchev–Trinajstić information content (AvgIpc) is 3.18. The van der Waals surface area contributed by atoms with Crippen molar-refractivity contribution in [2.45, 2.75) is 19.8 Å². The van der Waals surface area contributed by atoms with Gasteiger partial charge in [0, 0.05) is 26.2 Å². The number of ether oxygens (including phenoxy) is 1. The van der Waals surface area contributed by atoms with Crippen molar-refractivity contribution >= 4 is 28.4 Å². The Bertz CT molecular complexity index is 1160. The van der Waals surface area contributed by atoms with Crippen molar-refractivity contribution in [3.05, 3.63) is 41.5 Å². The summed E-state index contributed by atoms with van der Waals surface area (Å²) in [6.45, 7) is 6.14. The van der Waals surface area contributed by atoms with Crippen LogP contribution < -0.4 is 4.90 Å². The Labute approximate surface area is 175 Å². The van der Waals surface area contributed by atoms with Crippen LogP contribution in [0.25, 0.3) is 16.7 Å². The van der Waals surface area contributed by atoms with E-state index in [1.807, 2.05) is 36.1 Å². The molecule has 7 heteroatoms. The van der Waals surface area contributed by atoms with E-state index < -0.39 is 0 Å². The molecule has 0 spiro atoms. The van der Waals surface area contributed by atoms with Crippen LogP contribution >= 0.6 is 0 Å². The van der Waals surface area contributed by atoms with Crippen molar-refractivity contribution in [1.29, 1.82) is 5.26 Å². The molecule has 30 heavy (non-hydrogen) atoms. The normalized spacial score (nSPS) is 19.9. The highest BCUT2D eigenvalue weighted by molar-refractivity contribution is 5.85. The van der Waals surface area contributed by atoms with Crippen LogP contribution in [0.15, 0.2) is 30.3 Å². The molecule has 2 aliphatic rings. The monoisotopic (exact) mass is 403 g/mol. The lowest BCUT2D eigenvalue weighted by molar-refractivity contribution is -0.139. The third-order valence-electron chi connectivity index (χ3n) is 6.28. The van der Waals surface area contributed by atoms with Gasteiger partial charge in [-0.3, -0.25) is 9.20 Å². The molecule has 154 valence electrons. The fourth-order valence-corrected chi connectivity index (χ4v) is 4.73.